The summed E-state index contributed by atoms with van der Waals surface area (Å²) >= 11 is 0. The molecule has 0 spiro atoms. The van der Waals surface area contributed by atoms with Crippen molar-refractivity contribution >= 4 is 5.91 Å². The summed E-state index contributed by atoms with van der Waals surface area (Å²) in [6.45, 7) is 1.69. The van der Waals surface area contributed by atoms with Gasteiger partial charge in [-0.15, -0.1) is 0 Å². The maximum Gasteiger partial charge on any atom is 0.271 e. The highest BCUT2D eigenvalue weighted by Crippen LogP contribution is 2.13. The fourth-order valence-corrected chi connectivity index (χ4v) is 1.88. The number of carbonyl (C=O) groups is 1. The molecule has 0 fully saturated rings. The lowest BCUT2D eigenvalue weighted by Gasteiger charge is -2.14. The van der Waals surface area contributed by atoms with Crippen LogP contribution in [0.15, 0.2) is 30.7 Å². The van der Waals surface area contributed by atoms with Crippen molar-refractivity contribution < 1.29 is 9.90 Å². The van der Waals surface area contributed by atoms with E-state index in [9.17, 15) is 4.79 Å². The number of aliphatic hydroxyl groups is 1. The monoisotopic (exact) mass is 284 g/mol. The van der Waals surface area contributed by atoms with Gasteiger partial charge in [-0.05, 0) is 18.6 Å². The van der Waals surface area contributed by atoms with E-state index in [-0.39, 0.29) is 24.2 Å². The zero-order valence-corrected chi connectivity index (χ0v) is 11.6. The minimum atomic E-state index is -0.318. The molecule has 0 saturated carbocycles. The fourth-order valence-electron chi connectivity index (χ4n) is 1.88. The highest BCUT2D eigenvalue weighted by Gasteiger charge is 2.18. The number of nitrogens with one attached hydrogen (secondary N) is 2. The highest BCUT2D eigenvalue weighted by molar-refractivity contribution is 5.94. The van der Waals surface area contributed by atoms with E-state index in [0.29, 0.717) is 17.8 Å². The molecule has 0 saturated heterocycles. The molecule has 1 unspecified atom stereocenters. The first-order valence-corrected chi connectivity index (χ1v) is 6.61. The maximum atomic E-state index is 12.3. The molecule has 2 rings (SSSR count). The summed E-state index contributed by atoms with van der Waals surface area (Å²) in [4.78, 5) is 23.6. The van der Waals surface area contributed by atoms with Crippen LogP contribution in [0, 0.1) is 11.8 Å². The topological polar surface area (TPSA) is 90.9 Å². The van der Waals surface area contributed by atoms with E-state index in [0.717, 1.165) is 0 Å². The van der Waals surface area contributed by atoms with Crippen LogP contribution in [0.25, 0.3) is 0 Å². The number of nitrogens with zero attached hydrogens (tertiary/aromatic N) is 2. The van der Waals surface area contributed by atoms with Crippen molar-refractivity contribution in [3.05, 3.63) is 47.8 Å². The Kier molecular flexibility index (Phi) is 5.07. The van der Waals surface area contributed by atoms with Gasteiger partial charge in [0.1, 0.15) is 18.1 Å². The first-order chi connectivity index (χ1) is 10.3. The van der Waals surface area contributed by atoms with Crippen molar-refractivity contribution in [2.24, 2.45) is 0 Å². The van der Waals surface area contributed by atoms with E-state index in [1.165, 1.54) is 6.20 Å². The molecule has 3 N–H and O–H groups in total. The van der Waals surface area contributed by atoms with Crippen LogP contribution in [0.3, 0.4) is 0 Å². The van der Waals surface area contributed by atoms with Gasteiger partial charge in [-0.25, -0.2) is 9.97 Å². The lowest BCUT2D eigenvalue weighted by atomic mass is 10.1. The van der Waals surface area contributed by atoms with Gasteiger partial charge in [-0.3, -0.25) is 4.79 Å². The quantitative estimate of drug-likeness (QED) is 0.731. The second kappa shape index (κ2) is 7.22. The second-order valence-electron chi connectivity index (χ2n) is 4.27. The van der Waals surface area contributed by atoms with Crippen molar-refractivity contribution in [2.45, 2.75) is 19.4 Å². The number of rotatable bonds is 4. The summed E-state index contributed by atoms with van der Waals surface area (Å²) in [5.74, 6) is 5.63. The standard InChI is InChI=1S/C15H16N4O2/c1-2-12(14-17-8-9-18-14)19-15(21)13-11(6-4-10-20)5-3-7-16-13/h3,5,7-9,12,20H,2,10H2,1H3,(H,17,18)(H,19,21). The number of pyridine rings is 1. The molecule has 1 amide bonds. The molecular weight excluding hydrogens is 268 g/mol. The zero-order chi connectivity index (χ0) is 15.1. The molecular formula is C15H16N4O2. The molecule has 1 atom stereocenters. The first kappa shape index (κ1) is 14.8. The average molecular weight is 284 g/mol. The molecule has 0 aliphatic heterocycles. The molecule has 6 heteroatoms. The van der Waals surface area contributed by atoms with E-state index in [1.807, 2.05) is 6.92 Å². The van der Waals surface area contributed by atoms with E-state index in [4.69, 9.17) is 5.11 Å². The van der Waals surface area contributed by atoms with Gasteiger partial charge in [0.15, 0.2) is 0 Å². The Labute approximate surface area is 122 Å². The van der Waals surface area contributed by atoms with Crippen molar-refractivity contribution in [3.8, 4) is 11.8 Å². The Hall–Kier alpha value is -2.65. The summed E-state index contributed by atoms with van der Waals surface area (Å²) in [5.41, 5.74) is 0.724. The van der Waals surface area contributed by atoms with Gasteiger partial charge in [0.2, 0.25) is 0 Å². The van der Waals surface area contributed by atoms with E-state index >= 15 is 0 Å². The van der Waals surface area contributed by atoms with Gasteiger partial charge in [0.05, 0.1) is 11.6 Å². The lowest BCUT2D eigenvalue weighted by Crippen LogP contribution is -2.30. The van der Waals surface area contributed by atoms with Crippen LogP contribution in [0.4, 0.5) is 0 Å². The predicted octanol–water partition coefficient (Wildman–Crippen LogP) is 1.03. The van der Waals surface area contributed by atoms with E-state index in [1.54, 1.807) is 24.5 Å². The van der Waals surface area contributed by atoms with Crippen LogP contribution in [0.2, 0.25) is 0 Å². The zero-order valence-electron chi connectivity index (χ0n) is 11.6. The molecule has 0 bridgehead atoms. The number of carbonyl (C=O) groups excluding carboxylic acids is 1. The van der Waals surface area contributed by atoms with E-state index in [2.05, 4.69) is 32.1 Å². The van der Waals surface area contributed by atoms with Crippen LogP contribution < -0.4 is 5.32 Å². The molecule has 2 heterocycles. The van der Waals surface area contributed by atoms with Crippen LogP contribution in [0.5, 0.6) is 0 Å². The summed E-state index contributed by atoms with van der Waals surface area (Å²) in [6.07, 6.45) is 5.59. The van der Waals surface area contributed by atoms with Crippen LogP contribution in [-0.2, 0) is 0 Å². The number of hydrogen-bond donors (Lipinski definition) is 3. The van der Waals surface area contributed by atoms with Crippen LogP contribution in [0.1, 0.15) is 41.3 Å². The highest BCUT2D eigenvalue weighted by atomic mass is 16.2. The Morgan fingerprint density at radius 3 is 3.00 bits per heavy atom. The smallest absolute Gasteiger partial charge is 0.271 e. The summed E-state index contributed by atoms with van der Waals surface area (Å²) < 4.78 is 0. The Morgan fingerprint density at radius 1 is 1.48 bits per heavy atom. The largest absolute Gasteiger partial charge is 0.384 e. The second-order valence-corrected chi connectivity index (χ2v) is 4.27. The molecule has 0 aliphatic carbocycles. The number of amides is 1. The molecule has 0 radical (unpaired) electrons. The molecule has 2 aromatic rings. The molecule has 21 heavy (non-hydrogen) atoms. The normalized spacial score (nSPS) is 11.3. The van der Waals surface area contributed by atoms with Crippen molar-refractivity contribution in [1.82, 2.24) is 20.3 Å². The van der Waals surface area contributed by atoms with Gasteiger partial charge in [-0.1, -0.05) is 18.8 Å². The molecule has 6 nitrogen and oxygen atoms in total. The summed E-state index contributed by atoms with van der Waals surface area (Å²) in [6, 6.07) is 3.17. The SMILES string of the molecule is CCC(NC(=O)c1ncccc1C#CCO)c1ncc[nH]1. The number of hydrogen-bond acceptors (Lipinski definition) is 4. The predicted molar refractivity (Wildman–Crippen MR) is 77.3 cm³/mol. The van der Waals surface area contributed by atoms with Crippen molar-refractivity contribution in [3.63, 3.8) is 0 Å². The number of aromatic amines is 1. The number of imidazole rings is 1. The Morgan fingerprint density at radius 2 is 2.33 bits per heavy atom. The van der Waals surface area contributed by atoms with Gasteiger partial charge in [0, 0.05) is 18.6 Å². The first-order valence-electron chi connectivity index (χ1n) is 6.61. The fraction of sp³-hybridized carbons (Fsp3) is 0.267. The van der Waals surface area contributed by atoms with Crippen LogP contribution >= 0.6 is 0 Å². The number of H-pyrrole nitrogens is 1. The van der Waals surface area contributed by atoms with Gasteiger partial charge < -0.3 is 15.4 Å². The Balaban J connectivity index is 2.20. The number of aromatic nitrogens is 3. The van der Waals surface area contributed by atoms with Crippen molar-refractivity contribution in [2.75, 3.05) is 6.61 Å². The maximum absolute atomic E-state index is 12.3. The molecule has 2 aromatic heterocycles. The minimum absolute atomic E-state index is 0.215. The van der Waals surface area contributed by atoms with Gasteiger partial charge in [-0.2, -0.15) is 0 Å². The van der Waals surface area contributed by atoms with E-state index < -0.39 is 0 Å². The third kappa shape index (κ3) is 3.68. The number of aliphatic hydroxyl groups excluding tert-OH is 1. The minimum Gasteiger partial charge on any atom is -0.384 e. The molecule has 0 aliphatic rings. The Bertz CT molecular complexity index is 656. The summed E-state index contributed by atoms with van der Waals surface area (Å²) in [7, 11) is 0. The third-order valence-corrected chi connectivity index (χ3v) is 2.89. The van der Waals surface area contributed by atoms with Gasteiger partial charge in [0.25, 0.3) is 5.91 Å². The van der Waals surface area contributed by atoms with Crippen LogP contribution in [-0.4, -0.2) is 32.6 Å². The lowest BCUT2D eigenvalue weighted by molar-refractivity contribution is 0.0928. The van der Waals surface area contributed by atoms with Gasteiger partial charge >= 0.3 is 0 Å². The average Bonchev–Trinajstić information content (AvgIpc) is 3.04. The van der Waals surface area contributed by atoms with Crippen molar-refractivity contribution in [1.29, 1.82) is 0 Å². The molecule has 0 aromatic carbocycles. The summed E-state index contributed by atoms with van der Waals surface area (Å²) in [5, 5.41) is 11.6. The third-order valence-electron chi connectivity index (χ3n) is 2.89. The molecule has 108 valence electrons.